The molecule has 1 amide bonds. The lowest BCUT2D eigenvalue weighted by Crippen LogP contribution is -2.29. The van der Waals surface area contributed by atoms with Crippen molar-refractivity contribution in [1.82, 2.24) is 9.78 Å². The molecule has 0 unspecified atom stereocenters. The number of anilines is 1. The van der Waals surface area contributed by atoms with Gasteiger partial charge in [0.1, 0.15) is 18.0 Å². The number of nitrogens with one attached hydrogen (secondary N) is 1. The van der Waals surface area contributed by atoms with Crippen LogP contribution in [-0.2, 0) is 11.3 Å². The van der Waals surface area contributed by atoms with Crippen LogP contribution in [0.5, 0.6) is 11.5 Å². The number of methoxy groups -OCH3 is 2. The van der Waals surface area contributed by atoms with E-state index in [9.17, 15) is 9.59 Å². The minimum Gasteiger partial charge on any atom is -0.497 e. The predicted molar refractivity (Wildman–Crippen MR) is 107 cm³/mol. The molecule has 0 atom stereocenters. The summed E-state index contributed by atoms with van der Waals surface area (Å²) >= 11 is 0. The largest absolute Gasteiger partial charge is 0.497 e. The maximum absolute atomic E-state index is 12.4. The number of nitrogens with zero attached hydrogens (tertiary/aromatic N) is 2. The molecule has 2 aromatic carbocycles. The highest BCUT2D eigenvalue weighted by Crippen LogP contribution is 2.31. The number of amides is 1. The third kappa shape index (κ3) is 4.20. The second kappa shape index (κ2) is 8.39. The molecule has 1 aromatic heterocycles. The first-order valence-corrected chi connectivity index (χ1v) is 8.68. The molecule has 0 aliphatic carbocycles. The summed E-state index contributed by atoms with van der Waals surface area (Å²) in [4.78, 5) is 24.6. The highest BCUT2D eigenvalue weighted by molar-refractivity contribution is 5.91. The highest BCUT2D eigenvalue weighted by atomic mass is 16.5. The Morgan fingerprint density at radius 3 is 2.57 bits per heavy atom. The van der Waals surface area contributed by atoms with Crippen LogP contribution in [-0.4, -0.2) is 29.9 Å². The number of aromatic nitrogens is 2. The van der Waals surface area contributed by atoms with Gasteiger partial charge in [0.25, 0.3) is 5.56 Å². The van der Waals surface area contributed by atoms with E-state index in [4.69, 9.17) is 9.47 Å². The van der Waals surface area contributed by atoms with Crippen molar-refractivity contribution >= 4 is 11.6 Å². The van der Waals surface area contributed by atoms with Crippen LogP contribution in [0.1, 0.15) is 5.56 Å². The number of para-hydroxylation sites is 1. The maximum atomic E-state index is 12.4. The van der Waals surface area contributed by atoms with Crippen molar-refractivity contribution in [3.05, 3.63) is 70.5 Å². The van der Waals surface area contributed by atoms with Crippen LogP contribution in [0.25, 0.3) is 11.3 Å². The summed E-state index contributed by atoms with van der Waals surface area (Å²) in [6.45, 7) is 1.70. The number of hydrogen-bond acceptors (Lipinski definition) is 5. The van der Waals surface area contributed by atoms with Crippen molar-refractivity contribution in [1.29, 1.82) is 0 Å². The molecule has 3 aromatic rings. The molecule has 3 rings (SSSR count). The highest BCUT2D eigenvalue weighted by Gasteiger charge is 2.13. The molecule has 1 heterocycles. The van der Waals surface area contributed by atoms with Crippen molar-refractivity contribution < 1.29 is 14.3 Å². The molecule has 0 radical (unpaired) electrons. The quantitative estimate of drug-likeness (QED) is 0.712. The molecule has 1 N–H and O–H groups in total. The Morgan fingerprint density at radius 2 is 1.86 bits per heavy atom. The number of aryl methyl sites for hydroxylation is 1. The average Bonchev–Trinajstić information content (AvgIpc) is 2.71. The van der Waals surface area contributed by atoms with Crippen LogP contribution in [0.4, 0.5) is 5.69 Å². The van der Waals surface area contributed by atoms with Crippen molar-refractivity contribution in [2.75, 3.05) is 19.5 Å². The van der Waals surface area contributed by atoms with Crippen LogP contribution in [0, 0.1) is 6.92 Å². The molecular formula is C21H21N3O4. The number of ether oxygens (including phenoxy) is 2. The van der Waals surface area contributed by atoms with E-state index in [1.807, 2.05) is 31.2 Å². The molecule has 0 saturated heterocycles. The van der Waals surface area contributed by atoms with Gasteiger partial charge in [-0.15, -0.1) is 0 Å². The first kappa shape index (κ1) is 19.2. The fraction of sp³-hybridized carbons (Fsp3) is 0.190. The summed E-state index contributed by atoms with van der Waals surface area (Å²) in [6.07, 6.45) is 0. The molecule has 0 spiro atoms. The van der Waals surface area contributed by atoms with E-state index in [-0.39, 0.29) is 18.0 Å². The minimum absolute atomic E-state index is 0.195. The van der Waals surface area contributed by atoms with Gasteiger partial charge in [-0.05, 0) is 36.8 Å². The molecule has 7 nitrogen and oxygen atoms in total. The van der Waals surface area contributed by atoms with E-state index in [0.29, 0.717) is 28.4 Å². The van der Waals surface area contributed by atoms with E-state index in [0.717, 1.165) is 10.2 Å². The van der Waals surface area contributed by atoms with Crippen molar-refractivity contribution in [3.8, 4) is 22.8 Å². The van der Waals surface area contributed by atoms with E-state index in [2.05, 4.69) is 10.4 Å². The summed E-state index contributed by atoms with van der Waals surface area (Å²) in [5.41, 5.74) is 2.48. The van der Waals surface area contributed by atoms with Crippen LogP contribution in [0.15, 0.2) is 59.4 Å². The molecular weight excluding hydrogens is 358 g/mol. The van der Waals surface area contributed by atoms with E-state index in [1.54, 1.807) is 38.5 Å². The van der Waals surface area contributed by atoms with Gasteiger partial charge in [-0.2, -0.15) is 5.10 Å². The SMILES string of the molecule is COc1ccc(-c2ccc(=O)n(CC(=O)Nc3ccccc3C)n2)c(OC)c1. The maximum Gasteiger partial charge on any atom is 0.267 e. The summed E-state index contributed by atoms with van der Waals surface area (Å²) in [7, 11) is 3.11. The topological polar surface area (TPSA) is 82.5 Å². The Labute approximate surface area is 162 Å². The Hall–Kier alpha value is -3.61. The average molecular weight is 379 g/mol. The van der Waals surface area contributed by atoms with Crippen LogP contribution in [0.3, 0.4) is 0 Å². The Morgan fingerprint density at radius 1 is 1.07 bits per heavy atom. The number of carbonyl (C=O) groups is 1. The van der Waals surface area contributed by atoms with Gasteiger partial charge in [-0.1, -0.05) is 18.2 Å². The van der Waals surface area contributed by atoms with Crippen molar-refractivity contribution in [2.45, 2.75) is 13.5 Å². The summed E-state index contributed by atoms with van der Waals surface area (Å²) < 4.78 is 11.7. The van der Waals surface area contributed by atoms with Gasteiger partial charge < -0.3 is 14.8 Å². The first-order chi connectivity index (χ1) is 13.5. The molecule has 0 saturated carbocycles. The van der Waals surface area contributed by atoms with Gasteiger partial charge in [0, 0.05) is 23.4 Å². The zero-order valence-electron chi connectivity index (χ0n) is 15.9. The van der Waals surface area contributed by atoms with E-state index < -0.39 is 0 Å². The molecule has 0 bridgehead atoms. The zero-order chi connectivity index (χ0) is 20.1. The molecule has 0 aliphatic heterocycles. The van der Waals surface area contributed by atoms with Crippen molar-refractivity contribution in [3.63, 3.8) is 0 Å². The van der Waals surface area contributed by atoms with Crippen molar-refractivity contribution in [2.24, 2.45) is 0 Å². The standard InChI is InChI=1S/C21H21N3O4/c1-14-6-4-5-7-17(14)22-20(25)13-24-21(26)11-10-18(23-24)16-9-8-15(27-2)12-19(16)28-3/h4-12H,13H2,1-3H3,(H,22,25). The van der Waals surface area contributed by atoms with Crippen LogP contribution >= 0.6 is 0 Å². The molecule has 0 fully saturated rings. The summed E-state index contributed by atoms with van der Waals surface area (Å²) in [6, 6.07) is 15.7. The number of carbonyl (C=O) groups excluding carboxylic acids is 1. The summed E-state index contributed by atoms with van der Waals surface area (Å²) in [5.74, 6) is 0.871. The third-order valence-electron chi connectivity index (χ3n) is 4.26. The van der Waals surface area contributed by atoms with Gasteiger partial charge in [0.2, 0.25) is 5.91 Å². The molecule has 28 heavy (non-hydrogen) atoms. The monoisotopic (exact) mass is 379 g/mol. The number of benzene rings is 2. The Kier molecular flexibility index (Phi) is 5.74. The fourth-order valence-corrected chi connectivity index (χ4v) is 2.75. The molecule has 144 valence electrons. The van der Waals surface area contributed by atoms with E-state index >= 15 is 0 Å². The molecule has 0 aliphatic rings. The zero-order valence-corrected chi connectivity index (χ0v) is 15.9. The minimum atomic E-state index is -0.365. The number of hydrogen-bond donors (Lipinski definition) is 1. The van der Waals surface area contributed by atoms with Gasteiger partial charge in [-0.3, -0.25) is 9.59 Å². The fourth-order valence-electron chi connectivity index (χ4n) is 2.75. The Balaban J connectivity index is 1.87. The lowest BCUT2D eigenvalue weighted by molar-refractivity contribution is -0.117. The first-order valence-electron chi connectivity index (χ1n) is 8.68. The second-order valence-corrected chi connectivity index (χ2v) is 6.14. The van der Waals surface area contributed by atoms with Crippen LogP contribution < -0.4 is 20.3 Å². The summed E-state index contributed by atoms with van der Waals surface area (Å²) in [5, 5.41) is 7.14. The molecule has 7 heteroatoms. The lowest BCUT2D eigenvalue weighted by Gasteiger charge is -2.12. The van der Waals surface area contributed by atoms with Gasteiger partial charge in [0.05, 0.1) is 19.9 Å². The smallest absolute Gasteiger partial charge is 0.267 e. The Bertz CT molecular complexity index is 1060. The number of rotatable bonds is 6. The van der Waals surface area contributed by atoms with Crippen LogP contribution in [0.2, 0.25) is 0 Å². The van der Waals surface area contributed by atoms with E-state index in [1.165, 1.54) is 6.07 Å². The van der Waals surface area contributed by atoms with Gasteiger partial charge in [0.15, 0.2) is 0 Å². The normalized spacial score (nSPS) is 10.4. The second-order valence-electron chi connectivity index (χ2n) is 6.14. The van der Waals surface area contributed by atoms with Gasteiger partial charge >= 0.3 is 0 Å². The lowest BCUT2D eigenvalue weighted by atomic mass is 10.1. The van der Waals surface area contributed by atoms with Gasteiger partial charge in [-0.25, -0.2) is 4.68 Å². The third-order valence-corrected chi connectivity index (χ3v) is 4.26. The predicted octanol–water partition coefficient (Wildman–Crippen LogP) is 2.87.